The van der Waals surface area contributed by atoms with E-state index in [2.05, 4.69) is 5.32 Å². The van der Waals surface area contributed by atoms with E-state index in [0.29, 0.717) is 22.0 Å². The van der Waals surface area contributed by atoms with E-state index in [0.717, 1.165) is 0 Å². The van der Waals surface area contributed by atoms with Crippen LogP contribution in [0.5, 0.6) is 0 Å². The Labute approximate surface area is 120 Å². The number of nitrogens with two attached hydrogens (primary N) is 1. The third-order valence-corrected chi connectivity index (χ3v) is 2.90. The lowest BCUT2D eigenvalue weighted by Gasteiger charge is -2.10. The maximum Gasteiger partial charge on any atom is 0.337 e. The summed E-state index contributed by atoms with van der Waals surface area (Å²) in [6.45, 7) is 0. The topological polar surface area (TPSA) is 99.1 Å². The highest BCUT2D eigenvalue weighted by molar-refractivity contribution is 6.30. The van der Waals surface area contributed by atoms with Gasteiger partial charge in [0.2, 0.25) is 0 Å². The molecule has 0 atom stereocenters. The molecule has 0 saturated carbocycles. The van der Waals surface area contributed by atoms with Crippen LogP contribution in [0.3, 0.4) is 0 Å². The fourth-order valence-electron chi connectivity index (χ4n) is 1.69. The Balaban J connectivity index is 2.40. The summed E-state index contributed by atoms with van der Waals surface area (Å²) in [5.74, 6) is -1.11. The van der Waals surface area contributed by atoms with Crippen LogP contribution >= 0.6 is 11.6 Å². The molecule has 0 saturated heterocycles. The van der Waals surface area contributed by atoms with Crippen molar-refractivity contribution in [2.45, 2.75) is 0 Å². The first-order chi connectivity index (χ1) is 9.51. The molecular weight excluding hydrogens is 278 g/mol. The van der Waals surface area contributed by atoms with Gasteiger partial charge in [-0.2, -0.15) is 5.26 Å². The van der Waals surface area contributed by atoms with Crippen molar-refractivity contribution < 1.29 is 9.90 Å². The Bertz CT molecular complexity index is 723. The number of nitriles is 1. The van der Waals surface area contributed by atoms with Crippen LogP contribution < -0.4 is 11.1 Å². The van der Waals surface area contributed by atoms with Gasteiger partial charge in [0.25, 0.3) is 0 Å². The van der Waals surface area contributed by atoms with E-state index in [9.17, 15) is 4.79 Å². The molecule has 0 aliphatic rings. The summed E-state index contributed by atoms with van der Waals surface area (Å²) >= 11 is 5.88. The van der Waals surface area contributed by atoms with Crippen LogP contribution in [0.25, 0.3) is 0 Å². The molecule has 0 amide bonds. The molecule has 0 radical (unpaired) electrons. The average molecular weight is 288 g/mol. The predicted octanol–water partition coefficient (Wildman–Crippen LogP) is 3.24. The van der Waals surface area contributed by atoms with E-state index < -0.39 is 5.97 Å². The van der Waals surface area contributed by atoms with E-state index in [1.807, 2.05) is 6.07 Å². The Morgan fingerprint density at radius 2 is 2.05 bits per heavy atom. The number of halogens is 1. The monoisotopic (exact) mass is 287 g/mol. The van der Waals surface area contributed by atoms with Gasteiger partial charge in [-0.05, 0) is 36.4 Å². The highest BCUT2D eigenvalue weighted by Crippen LogP contribution is 2.26. The normalized spacial score (nSPS) is 9.80. The van der Waals surface area contributed by atoms with E-state index in [1.54, 1.807) is 24.3 Å². The van der Waals surface area contributed by atoms with Gasteiger partial charge in [0.05, 0.1) is 16.8 Å². The lowest BCUT2D eigenvalue weighted by molar-refractivity contribution is 0.0698. The minimum Gasteiger partial charge on any atom is -0.478 e. The Hall–Kier alpha value is -2.71. The van der Waals surface area contributed by atoms with Gasteiger partial charge in [-0.15, -0.1) is 0 Å². The lowest BCUT2D eigenvalue weighted by Crippen LogP contribution is -2.03. The third-order valence-electron chi connectivity index (χ3n) is 2.66. The number of aromatic carboxylic acids is 1. The second kappa shape index (κ2) is 5.51. The SMILES string of the molecule is N#Cc1ccc(Cl)cc1Nc1ccc(N)c(C(=O)O)c1. The van der Waals surface area contributed by atoms with Gasteiger partial charge in [0, 0.05) is 16.4 Å². The molecule has 0 heterocycles. The molecule has 0 fully saturated rings. The number of nitrogen functional groups attached to an aromatic ring is 1. The average Bonchev–Trinajstić information content (AvgIpc) is 2.41. The van der Waals surface area contributed by atoms with Crippen LogP contribution in [0, 0.1) is 11.3 Å². The number of hydrogen-bond donors (Lipinski definition) is 3. The maximum atomic E-state index is 11.0. The molecule has 0 bridgehead atoms. The molecule has 0 spiro atoms. The number of nitrogens with one attached hydrogen (secondary N) is 1. The minimum atomic E-state index is -1.11. The molecule has 6 heteroatoms. The molecular formula is C14H10ClN3O2. The zero-order valence-corrected chi connectivity index (χ0v) is 11.0. The van der Waals surface area contributed by atoms with Crippen molar-refractivity contribution in [1.82, 2.24) is 0 Å². The number of carbonyl (C=O) groups is 1. The van der Waals surface area contributed by atoms with Crippen molar-refractivity contribution in [3.05, 3.63) is 52.5 Å². The first kappa shape index (κ1) is 13.7. The Morgan fingerprint density at radius 1 is 1.30 bits per heavy atom. The molecule has 5 nitrogen and oxygen atoms in total. The summed E-state index contributed by atoms with van der Waals surface area (Å²) in [6, 6.07) is 11.3. The number of benzene rings is 2. The van der Waals surface area contributed by atoms with Gasteiger partial charge in [0.15, 0.2) is 0 Å². The summed E-state index contributed by atoms with van der Waals surface area (Å²) in [5.41, 5.74) is 7.17. The van der Waals surface area contributed by atoms with Gasteiger partial charge >= 0.3 is 5.97 Å². The van der Waals surface area contributed by atoms with Crippen LogP contribution in [0.1, 0.15) is 15.9 Å². The number of carboxylic acids is 1. The number of rotatable bonds is 3. The molecule has 0 aliphatic carbocycles. The van der Waals surface area contributed by atoms with Gasteiger partial charge in [-0.3, -0.25) is 0 Å². The maximum absolute atomic E-state index is 11.0. The second-order valence-corrected chi connectivity index (χ2v) is 4.47. The van der Waals surface area contributed by atoms with Gasteiger partial charge in [-0.1, -0.05) is 11.6 Å². The third kappa shape index (κ3) is 2.82. The van der Waals surface area contributed by atoms with Crippen LogP contribution in [-0.2, 0) is 0 Å². The molecule has 2 aromatic carbocycles. The molecule has 2 rings (SSSR count). The largest absolute Gasteiger partial charge is 0.478 e. The predicted molar refractivity (Wildman–Crippen MR) is 77.3 cm³/mol. The van der Waals surface area contributed by atoms with Crippen molar-refractivity contribution >= 4 is 34.6 Å². The Kier molecular flexibility index (Phi) is 3.78. The van der Waals surface area contributed by atoms with Crippen molar-refractivity contribution in [2.75, 3.05) is 11.1 Å². The van der Waals surface area contributed by atoms with E-state index >= 15 is 0 Å². The van der Waals surface area contributed by atoms with Crippen molar-refractivity contribution in [1.29, 1.82) is 5.26 Å². The quantitative estimate of drug-likeness (QED) is 0.753. The van der Waals surface area contributed by atoms with Crippen molar-refractivity contribution in [3.63, 3.8) is 0 Å². The Morgan fingerprint density at radius 3 is 2.70 bits per heavy atom. The summed E-state index contributed by atoms with van der Waals surface area (Å²) in [4.78, 5) is 11.0. The van der Waals surface area contributed by atoms with Crippen LogP contribution in [-0.4, -0.2) is 11.1 Å². The highest BCUT2D eigenvalue weighted by Gasteiger charge is 2.10. The van der Waals surface area contributed by atoms with Crippen LogP contribution in [0.2, 0.25) is 5.02 Å². The zero-order chi connectivity index (χ0) is 14.7. The molecule has 2 aromatic rings. The fourth-order valence-corrected chi connectivity index (χ4v) is 1.86. The number of carboxylic acid groups (broad SMARTS) is 1. The molecule has 0 unspecified atom stereocenters. The molecule has 4 N–H and O–H groups in total. The van der Waals surface area contributed by atoms with Crippen LogP contribution in [0.15, 0.2) is 36.4 Å². The van der Waals surface area contributed by atoms with Crippen molar-refractivity contribution in [2.24, 2.45) is 0 Å². The molecule has 0 aliphatic heterocycles. The summed E-state index contributed by atoms with van der Waals surface area (Å²) in [7, 11) is 0. The number of hydrogen-bond acceptors (Lipinski definition) is 4. The highest BCUT2D eigenvalue weighted by atomic mass is 35.5. The van der Waals surface area contributed by atoms with Gasteiger partial charge in [-0.25, -0.2) is 4.79 Å². The summed E-state index contributed by atoms with van der Waals surface area (Å²) in [6.07, 6.45) is 0. The lowest BCUT2D eigenvalue weighted by atomic mass is 10.1. The number of nitrogens with zero attached hydrogens (tertiary/aromatic N) is 1. The summed E-state index contributed by atoms with van der Waals surface area (Å²) in [5, 5.41) is 21.5. The molecule has 20 heavy (non-hydrogen) atoms. The second-order valence-electron chi connectivity index (χ2n) is 4.03. The number of anilines is 3. The molecule has 100 valence electrons. The van der Waals surface area contributed by atoms with E-state index in [1.165, 1.54) is 12.1 Å². The first-order valence-electron chi connectivity index (χ1n) is 5.61. The standard InChI is InChI=1S/C14H10ClN3O2/c15-9-2-1-8(7-16)13(5-9)18-10-3-4-12(17)11(6-10)14(19)20/h1-6,18H,17H2,(H,19,20). The van der Waals surface area contributed by atoms with E-state index in [4.69, 9.17) is 27.7 Å². The van der Waals surface area contributed by atoms with Crippen molar-refractivity contribution in [3.8, 4) is 6.07 Å². The zero-order valence-electron chi connectivity index (χ0n) is 10.2. The first-order valence-corrected chi connectivity index (χ1v) is 5.98. The smallest absolute Gasteiger partial charge is 0.337 e. The van der Waals surface area contributed by atoms with Crippen LogP contribution in [0.4, 0.5) is 17.1 Å². The van der Waals surface area contributed by atoms with Gasteiger partial charge < -0.3 is 16.2 Å². The minimum absolute atomic E-state index is 0.00413. The summed E-state index contributed by atoms with van der Waals surface area (Å²) < 4.78 is 0. The van der Waals surface area contributed by atoms with Gasteiger partial charge in [0.1, 0.15) is 6.07 Å². The molecule has 0 aromatic heterocycles. The fraction of sp³-hybridized carbons (Fsp3) is 0. The van der Waals surface area contributed by atoms with E-state index in [-0.39, 0.29) is 11.3 Å².